The van der Waals surface area contributed by atoms with Crippen LogP contribution in [0.15, 0.2) is 55.1 Å². The molecule has 1 saturated heterocycles. The minimum atomic E-state index is -1.85. The first-order valence-electron chi connectivity index (χ1n) is 14.3. The third-order valence-electron chi connectivity index (χ3n) is 7.87. The third kappa shape index (κ3) is 6.57. The van der Waals surface area contributed by atoms with Gasteiger partial charge in [0.05, 0.1) is 24.9 Å². The number of hydrogen-bond acceptors (Lipinski definition) is 9. The number of piperazine rings is 1. The summed E-state index contributed by atoms with van der Waals surface area (Å²) in [6, 6.07) is 10.5. The van der Waals surface area contributed by atoms with E-state index >= 15 is 0 Å². The molecule has 42 heavy (non-hydrogen) atoms. The second-order valence-electron chi connectivity index (χ2n) is 10.6. The van der Waals surface area contributed by atoms with Gasteiger partial charge in [-0.05, 0) is 42.0 Å². The lowest BCUT2D eigenvalue weighted by Crippen LogP contribution is -2.47. The van der Waals surface area contributed by atoms with E-state index in [1.165, 1.54) is 28.1 Å². The number of ether oxygens (including phenoxy) is 1. The fourth-order valence-corrected chi connectivity index (χ4v) is 5.36. The van der Waals surface area contributed by atoms with Crippen LogP contribution in [0.3, 0.4) is 0 Å². The van der Waals surface area contributed by atoms with E-state index in [2.05, 4.69) is 48.4 Å². The molecule has 0 unspecified atom stereocenters. The summed E-state index contributed by atoms with van der Waals surface area (Å²) in [6.45, 7) is 8.57. The number of aromatic nitrogens is 7. The molecule has 1 aliphatic heterocycles. The molecule has 2 aromatic carbocycles. The van der Waals surface area contributed by atoms with Crippen LogP contribution in [0.25, 0.3) is 0 Å². The van der Waals surface area contributed by atoms with Gasteiger partial charge in [-0.25, -0.2) is 23.1 Å². The SMILES string of the molecule is CCCCOc1ccccc1N1CCN(CCc2nnnn2[C@@H](C)[C@](O)(Cn2cncn2)c2ccc(F)cc2F)CC1. The number of para-hydroxylation sites is 2. The Balaban J connectivity index is 1.25. The van der Waals surface area contributed by atoms with Gasteiger partial charge in [0.25, 0.3) is 0 Å². The smallest absolute Gasteiger partial charge is 0.153 e. The fourth-order valence-electron chi connectivity index (χ4n) is 5.36. The number of aliphatic hydroxyl groups is 1. The molecule has 5 rings (SSSR count). The molecule has 0 bridgehead atoms. The van der Waals surface area contributed by atoms with Gasteiger partial charge < -0.3 is 14.7 Å². The topological polar surface area (TPSA) is 110 Å². The highest BCUT2D eigenvalue weighted by molar-refractivity contribution is 5.58. The number of unbranched alkanes of at least 4 members (excludes halogenated alkanes) is 1. The average Bonchev–Trinajstić information content (AvgIpc) is 3.68. The van der Waals surface area contributed by atoms with Gasteiger partial charge >= 0.3 is 0 Å². The number of hydrogen-bond donors (Lipinski definition) is 1. The minimum absolute atomic E-state index is 0.0802. The molecule has 1 N–H and O–H groups in total. The van der Waals surface area contributed by atoms with E-state index in [-0.39, 0.29) is 12.1 Å². The van der Waals surface area contributed by atoms with E-state index in [0.717, 1.165) is 62.6 Å². The van der Waals surface area contributed by atoms with Crippen molar-refractivity contribution < 1.29 is 18.6 Å². The highest BCUT2D eigenvalue weighted by atomic mass is 19.1. The molecule has 2 aromatic heterocycles. The van der Waals surface area contributed by atoms with Crippen molar-refractivity contribution >= 4 is 5.69 Å². The summed E-state index contributed by atoms with van der Waals surface area (Å²) < 4.78 is 37.7. The van der Waals surface area contributed by atoms with Crippen molar-refractivity contribution in [3.8, 4) is 5.75 Å². The number of halogens is 2. The molecule has 1 aliphatic rings. The van der Waals surface area contributed by atoms with E-state index in [9.17, 15) is 13.9 Å². The number of anilines is 1. The molecule has 2 atom stereocenters. The highest BCUT2D eigenvalue weighted by Gasteiger charge is 2.42. The lowest BCUT2D eigenvalue weighted by atomic mass is 9.86. The molecule has 224 valence electrons. The number of benzene rings is 2. The van der Waals surface area contributed by atoms with Gasteiger partial charge in [-0.1, -0.05) is 31.5 Å². The third-order valence-corrected chi connectivity index (χ3v) is 7.87. The van der Waals surface area contributed by atoms with Crippen LogP contribution in [0, 0.1) is 11.6 Å². The zero-order valence-electron chi connectivity index (χ0n) is 24.0. The predicted octanol–water partition coefficient (Wildman–Crippen LogP) is 3.24. The summed E-state index contributed by atoms with van der Waals surface area (Å²) in [5, 5.41) is 28.3. The van der Waals surface area contributed by atoms with Gasteiger partial charge in [0.1, 0.15) is 35.6 Å². The normalized spacial score (nSPS) is 16.4. The standard InChI is InChI=1S/C29H37F2N9O2/c1-3-4-17-42-27-8-6-5-7-26(27)38-15-13-37(14-16-38)12-11-28-34-35-36-40(28)22(2)29(41,19-39-21-32-20-33-39)24-10-9-23(30)18-25(24)31/h5-10,18,20-22,41H,3-4,11-17,19H2,1-2H3/t22-,29+/m0/s1. The molecule has 13 heteroatoms. The van der Waals surface area contributed by atoms with Gasteiger partial charge in [0.2, 0.25) is 0 Å². The lowest BCUT2D eigenvalue weighted by molar-refractivity contribution is -0.0384. The minimum Gasteiger partial charge on any atom is -0.491 e. The summed E-state index contributed by atoms with van der Waals surface area (Å²) in [6.07, 6.45) is 5.39. The first-order chi connectivity index (χ1) is 20.4. The number of rotatable bonds is 13. The van der Waals surface area contributed by atoms with Crippen molar-refractivity contribution in [2.24, 2.45) is 0 Å². The Morgan fingerprint density at radius 3 is 2.64 bits per heavy atom. The summed E-state index contributed by atoms with van der Waals surface area (Å²) in [5.74, 6) is -0.125. The van der Waals surface area contributed by atoms with E-state index < -0.39 is 23.3 Å². The molecule has 1 fully saturated rings. The summed E-state index contributed by atoms with van der Waals surface area (Å²) >= 11 is 0. The maximum absolute atomic E-state index is 15.0. The maximum atomic E-state index is 15.0. The van der Waals surface area contributed by atoms with Gasteiger partial charge in [-0.15, -0.1) is 5.10 Å². The molecular formula is C29H37F2N9O2. The quantitative estimate of drug-likeness (QED) is 0.238. The van der Waals surface area contributed by atoms with Crippen molar-refractivity contribution in [1.29, 1.82) is 0 Å². The van der Waals surface area contributed by atoms with Crippen LogP contribution >= 0.6 is 0 Å². The largest absolute Gasteiger partial charge is 0.491 e. The van der Waals surface area contributed by atoms with Crippen LogP contribution in [0.2, 0.25) is 0 Å². The second kappa shape index (κ2) is 13.3. The van der Waals surface area contributed by atoms with E-state index in [1.807, 2.05) is 18.2 Å². The first kappa shape index (κ1) is 29.5. The van der Waals surface area contributed by atoms with Gasteiger partial charge in [0.15, 0.2) is 5.82 Å². The van der Waals surface area contributed by atoms with E-state index in [4.69, 9.17) is 4.74 Å². The molecule has 4 aromatic rings. The monoisotopic (exact) mass is 581 g/mol. The summed E-state index contributed by atoms with van der Waals surface area (Å²) in [4.78, 5) is 8.63. The van der Waals surface area contributed by atoms with Gasteiger partial charge in [0, 0.05) is 50.8 Å². The fraction of sp³-hybridized carbons (Fsp3) is 0.483. The van der Waals surface area contributed by atoms with Crippen LogP contribution < -0.4 is 9.64 Å². The average molecular weight is 582 g/mol. The zero-order valence-corrected chi connectivity index (χ0v) is 24.0. The summed E-state index contributed by atoms with van der Waals surface area (Å²) in [7, 11) is 0. The molecular weight excluding hydrogens is 544 g/mol. The molecule has 0 spiro atoms. The molecule has 0 radical (unpaired) electrons. The van der Waals surface area contributed by atoms with Crippen LogP contribution in [0.1, 0.15) is 44.1 Å². The Labute approximate surface area is 243 Å². The lowest BCUT2D eigenvalue weighted by Gasteiger charge is -2.37. The molecule has 0 aliphatic carbocycles. The van der Waals surface area contributed by atoms with Crippen LogP contribution in [-0.2, 0) is 18.6 Å². The molecule has 0 amide bonds. The summed E-state index contributed by atoms with van der Waals surface area (Å²) in [5.41, 5.74) is -0.817. The zero-order chi connectivity index (χ0) is 29.5. The maximum Gasteiger partial charge on any atom is 0.153 e. The van der Waals surface area contributed by atoms with Crippen molar-refractivity contribution in [3.63, 3.8) is 0 Å². The van der Waals surface area contributed by atoms with E-state index in [0.29, 0.717) is 25.4 Å². The Morgan fingerprint density at radius 2 is 1.90 bits per heavy atom. The van der Waals surface area contributed by atoms with Crippen molar-refractivity contribution in [2.45, 2.75) is 51.3 Å². The van der Waals surface area contributed by atoms with Crippen molar-refractivity contribution in [2.75, 3.05) is 44.2 Å². The number of tetrazole rings is 1. The van der Waals surface area contributed by atoms with Crippen LogP contribution in [0.5, 0.6) is 5.75 Å². The van der Waals surface area contributed by atoms with Crippen LogP contribution in [-0.4, -0.2) is 84.3 Å². The second-order valence-corrected chi connectivity index (χ2v) is 10.6. The highest BCUT2D eigenvalue weighted by Crippen LogP contribution is 2.37. The van der Waals surface area contributed by atoms with Crippen molar-refractivity contribution in [1.82, 2.24) is 39.9 Å². The Kier molecular flexibility index (Phi) is 9.38. The first-order valence-corrected chi connectivity index (χ1v) is 14.3. The Hall–Kier alpha value is -3.97. The predicted molar refractivity (Wildman–Crippen MR) is 152 cm³/mol. The van der Waals surface area contributed by atoms with Gasteiger partial charge in [-0.3, -0.25) is 4.90 Å². The molecule has 11 nitrogen and oxygen atoms in total. The Bertz CT molecular complexity index is 1430. The molecule has 3 heterocycles. The van der Waals surface area contributed by atoms with Gasteiger partial charge in [-0.2, -0.15) is 5.10 Å². The van der Waals surface area contributed by atoms with E-state index in [1.54, 1.807) is 6.92 Å². The number of nitrogens with zero attached hydrogens (tertiary/aromatic N) is 9. The van der Waals surface area contributed by atoms with Crippen molar-refractivity contribution in [3.05, 3.63) is 78.1 Å². The Morgan fingerprint density at radius 1 is 1.10 bits per heavy atom. The molecule has 0 saturated carbocycles. The van der Waals surface area contributed by atoms with Crippen LogP contribution in [0.4, 0.5) is 14.5 Å².